The second kappa shape index (κ2) is 4.43. The summed E-state index contributed by atoms with van der Waals surface area (Å²) >= 11 is 0. The molecule has 2 atom stereocenters. The topological polar surface area (TPSA) is 55.1 Å². The average Bonchev–Trinajstić information content (AvgIpc) is 2.44. The van der Waals surface area contributed by atoms with Crippen LogP contribution in [0, 0.1) is 0 Å². The molecular weight excluding hydrogens is 236 g/mol. The van der Waals surface area contributed by atoms with Crippen LogP contribution in [0.25, 0.3) is 0 Å². The summed E-state index contributed by atoms with van der Waals surface area (Å²) in [5.74, 6) is -0.0262. The molecule has 1 amide bonds. The van der Waals surface area contributed by atoms with Crippen LogP contribution in [0.3, 0.4) is 0 Å². The standard InChI is InChI=1S/C16H16N2O/c1-10-13-4-2-3-5-14(13)15(18-16(10)19)11-6-8-12(17)9-7-11/h2-10,15H,17H2,1H3,(H,18,19)/t10-,15-/m0/s1. The van der Waals surface area contributed by atoms with Gasteiger partial charge in [0, 0.05) is 5.69 Å². The quantitative estimate of drug-likeness (QED) is 0.766. The molecule has 0 fully saturated rings. The van der Waals surface area contributed by atoms with Gasteiger partial charge < -0.3 is 11.1 Å². The van der Waals surface area contributed by atoms with Gasteiger partial charge in [-0.1, -0.05) is 36.4 Å². The zero-order valence-electron chi connectivity index (χ0n) is 10.8. The zero-order chi connectivity index (χ0) is 13.4. The van der Waals surface area contributed by atoms with Gasteiger partial charge in [0.15, 0.2) is 0 Å². The van der Waals surface area contributed by atoms with Crippen molar-refractivity contribution < 1.29 is 4.79 Å². The lowest BCUT2D eigenvalue weighted by Crippen LogP contribution is -2.38. The Labute approximate surface area is 112 Å². The molecule has 3 nitrogen and oxygen atoms in total. The highest BCUT2D eigenvalue weighted by Gasteiger charge is 2.30. The van der Waals surface area contributed by atoms with E-state index in [4.69, 9.17) is 5.73 Å². The Kier molecular flexibility index (Phi) is 2.75. The molecule has 0 radical (unpaired) electrons. The Hall–Kier alpha value is -2.29. The Balaban J connectivity index is 2.10. The molecular formula is C16H16N2O. The maximum atomic E-state index is 12.1. The molecule has 3 rings (SSSR count). The van der Waals surface area contributed by atoms with Gasteiger partial charge in [-0.15, -0.1) is 0 Å². The molecule has 1 aliphatic rings. The van der Waals surface area contributed by atoms with Gasteiger partial charge in [-0.2, -0.15) is 0 Å². The van der Waals surface area contributed by atoms with E-state index in [9.17, 15) is 4.79 Å². The molecule has 0 bridgehead atoms. The maximum absolute atomic E-state index is 12.1. The maximum Gasteiger partial charge on any atom is 0.228 e. The molecule has 0 saturated carbocycles. The molecule has 0 aromatic heterocycles. The minimum atomic E-state index is -0.0961. The van der Waals surface area contributed by atoms with E-state index < -0.39 is 0 Å². The van der Waals surface area contributed by atoms with E-state index in [0.717, 1.165) is 16.8 Å². The Morgan fingerprint density at radius 3 is 2.32 bits per heavy atom. The number of benzene rings is 2. The van der Waals surface area contributed by atoms with Crippen LogP contribution in [0.15, 0.2) is 48.5 Å². The average molecular weight is 252 g/mol. The van der Waals surface area contributed by atoms with E-state index in [1.54, 1.807) is 0 Å². The fourth-order valence-corrected chi connectivity index (χ4v) is 2.61. The van der Waals surface area contributed by atoms with E-state index in [0.29, 0.717) is 0 Å². The number of hydrogen-bond donors (Lipinski definition) is 2. The van der Waals surface area contributed by atoms with Crippen molar-refractivity contribution >= 4 is 11.6 Å². The summed E-state index contributed by atoms with van der Waals surface area (Å²) in [5.41, 5.74) is 9.77. The first-order chi connectivity index (χ1) is 9.16. The summed E-state index contributed by atoms with van der Waals surface area (Å²) in [7, 11) is 0. The van der Waals surface area contributed by atoms with Crippen LogP contribution in [0.4, 0.5) is 5.69 Å². The van der Waals surface area contributed by atoms with Crippen molar-refractivity contribution in [3.63, 3.8) is 0 Å². The summed E-state index contributed by atoms with van der Waals surface area (Å²) in [5, 5.41) is 3.08. The number of nitrogens with two attached hydrogens (primary N) is 1. The fourth-order valence-electron chi connectivity index (χ4n) is 2.61. The molecule has 3 N–H and O–H groups in total. The Morgan fingerprint density at radius 2 is 1.63 bits per heavy atom. The SMILES string of the molecule is C[C@@H]1C(=O)N[C@@H](c2ccc(N)cc2)c2ccccc21. The molecule has 2 aromatic carbocycles. The number of hydrogen-bond acceptors (Lipinski definition) is 2. The van der Waals surface area contributed by atoms with Gasteiger partial charge >= 0.3 is 0 Å². The van der Waals surface area contributed by atoms with Crippen molar-refractivity contribution in [3.05, 3.63) is 65.2 Å². The summed E-state index contributed by atoms with van der Waals surface area (Å²) in [6.45, 7) is 1.94. The van der Waals surface area contributed by atoms with Crippen molar-refractivity contribution in [1.82, 2.24) is 5.32 Å². The molecule has 1 heterocycles. The normalized spacial score (nSPS) is 21.6. The smallest absolute Gasteiger partial charge is 0.228 e. The second-order valence-corrected chi connectivity index (χ2v) is 4.96. The van der Waals surface area contributed by atoms with E-state index in [-0.39, 0.29) is 17.9 Å². The fraction of sp³-hybridized carbons (Fsp3) is 0.188. The van der Waals surface area contributed by atoms with E-state index in [2.05, 4.69) is 11.4 Å². The van der Waals surface area contributed by atoms with E-state index >= 15 is 0 Å². The molecule has 2 aromatic rings. The van der Waals surface area contributed by atoms with Crippen molar-refractivity contribution in [3.8, 4) is 0 Å². The first-order valence-corrected chi connectivity index (χ1v) is 6.41. The van der Waals surface area contributed by atoms with Gasteiger partial charge in [0.2, 0.25) is 5.91 Å². The molecule has 0 spiro atoms. The van der Waals surface area contributed by atoms with Gasteiger partial charge in [0.05, 0.1) is 12.0 Å². The van der Waals surface area contributed by atoms with Crippen LogP contribution in [0.5, 0.6) is 0 Å². The van der Waals surface area contributed by atoms with Crippen LogP contribution < -0.4 is 11.1 Å². The highest BCUT2D eigenvalue weighted by atomic mass is 16.2. The number of carbonyl (C=O) groups is 1. The largest absolute Gasteiger partial charge is 0.399 e. The summed E-state index contributed by atoms with van der Waals surface area (Å²) in [4.78, 5) is 12.1. The molecule has 3 heteroatoms. The van der Waals surface area contributed by atoms with Gasteiger partial charge in [0.25, 0.3) is 0 Å². The van der Waals surface area contributed by atoms with Gasteiger partial charge in [-0.3, -0.25) is 4.79 Å². The molecule has 0 saturated heterocycles. The van der Waals surface area contributed by atoms with Gasteiger partial charge in [-0.05, 0) is 35.7 Å². The van der Waals surface area contributed by atoms with Crippen LogP contribution >= 0.6 is 0 Å². The number of nitrogens with one attached hydrogen (secondary N) is 1. The highest BCUT2D eigenvalue weighted by molar-refractivity contribution is 5.86. The Bertz CT molecular complexity index is 619. The first kappa shape index (κ1) is 11.8. The van der Waals surface area contributed by atoms with Crippen molar-refractivity contribution in [2.45, 2.75) is 18.9 Å². The third-order valence-electron chi connectivity index (χ3n) is 3.72. The molecule has 1 aliphatic heterocycles. The van der Waals surface area contributed by atoms with Crippen LogP contribution in [-0.2, 0) is 4.79 Å². The van der Waals surface area contributed by atoms with E-state index in [1.807, 2.05) is 49.4 Å². The monoisotopic (exact) mass is 252 g/mol. The van der Waals surface area contributed by atoms with Crippen LogP contribution in [0.2, 0.25) is 0 Å². The van der Waals surface area contributed by atoms with Crippen molar-refractivity contribution in [2.24, 2.45) is 0 Å². The number of carbonyl (C=O) groups excluding carboxylic acids is 1. The zero-order valence-corrected chi connectivity index (χ0v) is 10.8. The predicted molar refractivity (Wildman–Crippen MR) is 75.7 cm³/mol. The third kappa shape index (κ3) is 1.97. The number of amides is 1. The molecule has 0 unspecified atom stereocenters. The predicted octanol–water partition coefficient (Wildman–Crippen LogP) is 2.59. The number of rotatable bonds is 1. The van der Waals surface area contributed by atoms with E-state index in [1.165, 1.54) is 5.56 Å². The number of anilines is 1. The lowest BCUT2D eigenvalue weighted by Gasteiger charge is -2.30. The van der Waals surface area contributed by atoms with Gasteiger partial charge in [-0.25, -0.2) is 0 Å². The minimum absolute atomic E-state index is 0.0699. The summed E-state index contributed by atoms with van der Waals surface area (Å²) in [6, 6.07) is 15.7. The number of nitrogen functional groups attached to an aromatic ring is 1. The second-order valence-electron chi connectivity index (χ2n) is 4.96. The minimum Gasteiger partial charge on any atom is -0.399 e. The first-order valence-electron chi connectivity index (χ1n) is 6.41. The van der Waals surface area contributed by atoms with Crippen LogP contribution in [0.1, 0.15) is 35.6 Å². The molecule has 19 heavy (non-hydrogen) atoms. The van der Waals surface area contributed by atoms with Crippen LogP contribution in [-0.4, -0.2) is 5.91 Å². The Morgan fingerprint density at radius 1 is 1.00 bits per heavy atom. The third-order valence-corrected chi connectivity index (χ3v) is 3.72. The molecule has 0 aliphatic carbocycles. The number of fused-ring (bicyclic) bond motifs is 1. The molecule has 96 valence electrons. The summed E-state index contributed by atoms with van der Waals surface area (Å²) in [6.07, 6.45) is 0. The summed E-state index contributed by atoms with van der Waals surface area (Å²) < 4.78 is 0. The lowest BCUT2D eigenvalue weighted by atomic mass is 9.84. The van der Waals surface area contributed by atoms with Crippen molar-refractivity contribution in [1.29, 1.82) is 0 Å². The lowest BCUT2D eigenvalue weighted by molar-refractivity contribution is -0.123. The highest BCUT2D eigenvalue weighted by Crippen LogP contribution is 2.34. The van der Waals surface area contributed by atoms with Gasteiger partial charge in [0.1, 0.15) is 0 Å². The van der Waals surface area contributed by atoms with Crippen molar-refractivity contribution in [2.75, 3.05) is 5.73 Å².